The van der Waals surface area contributed by atoms with E-state index in [1.165, 1.54) is 4.90 Å². The Morgan fingerprint density at radius 2 is 2.06 bits per heavy atom. The lowest BCUT2D eigenvalue weighted by molar-refractivity contribution is -0.119. The van der Waals surface area contributed by atoms with E-state index in [9.17, 15) is 9.59 Å². The molecule has 0 radical (unpaired) electrons. The Balaban J connectivity index is 1.87. The fourth-order valence-corrected chi connectivity index (χ4v) is 1.63. The van der Waals surface area contributed by atoms with Crippen LogP contribution >= 0.6 is 0 Å². The van der Waals surface area contributed by atoms with E-state index in [0.717, 1.165) is 5.56 Å². The second-order valence-electron chi connectivity index (χ2n) is 3.88. The van der Waals surface area contributed by atoms with Crippen molar-refractivity contribution in [2.24, 2.45) is 0 Å². The van der Waals surface area contributed by atoms with Gasteiger partial charge >= 0.3 is 6.03 Å². The minimum atomic E-state index is -0.415. The van der Waals surface area contributed by atoms with Gasteiger partial charge in [0.2, 0.25) is 5.91 Å². The fourth-order valence-electron chi connectivity index (χ4n) is 1.63. The summed E-state index contributed by atoms with van der Waals surface area (Å²) >= 11 is 0. The summed E-state index contributed by atoms with van der Waals surface area (Å²) in [5.41, 5.74) is 1.03. The van der Waals surface area contributed by atoms with Crippen molar-refractivity contribution in [3.63, 3.8) is 0 Å². The standard InChI is InChI=1S/C12H14N2O3/c1-9(14-7-11(15)13-12(14)16)17-8-10-5-3-2-4-6-10/h2-6,9H,7-8H2,1H3,(H,13,15,16). The Morgan fingerprint density at radius 1 is 1.35 bits per heavy atom. The summed E-state index contributed by atoms with van der Waals surface area (Å²) in [5.74, 6) is -0.287. The second kappa shape index (κ2) is 4.97. The van der Waals surface area contributed by atoms with Crippen LogP contribution in [0.1, 0.15) is 12.5 Å². The zero-order chi connectivity index (χ0) is 12.3. The third kappa shape index (κ3) is 2.82. The van der Waals surface area contributed by atoms with Gasteiger partial charge in [-0.25, -0.2) is 4.79 Å². The molecule has 17 heavy (non-hydrogen) atoms. The highest BCUT2D eigenvalue weighted by molar-refractivity contribution is 6.01. The summed E-state index contributed by atoms with van der Waals surface area (Å²) in [6, 6.07) is 9.28. The van der Waals surface area contributed by atoms with Crippen molar-refractivity contribution in [2.75, 3.05) is 6.54 Å². The van der Waals surface area contributed by atoms with Crippen molar-refractivity contribution in [3.05, 3.63) is 35.9 Å². The van der Waals surface area contributed by atoms with Crippen LogP contribution in [0.3, 0.4) is 0 Å². The summed E-state index contributed by atoms with van der Waals surface area (Å²) in [4.78, 5) is 23.7. The number of carbonyl (C=O) groups is 2. The molecule has 1 fully saturated rings. The number of rotatable bonds is 4. The van der Waals surface area contributed by atoms with E-state index in [-0.39, 0.29) is 12.5 Å². The Bertz CT molecular complexity index is 419. The van der Waals surface area contributed by atoms with Crippen molar-refractivity contribution < 1.29 is 14.3 Å². The summed E-state index contributed by atoms with van der Waals surface area (Å²) in [6.07, 6.45) is -0.415. The lowest BCUT2D eigenvalue weighted by Crippen LogP contribution is -2.37. The molecule has 5 nitrogen and oxygen atoms in total. The van der Waals surface area contributed by atoms with Gasteiger partial charge in [-0.2, -0.15) is 0 Å². The average Bonchev–Trinajstić information content (AvgIpc) is 2.67. The highest BCUT2D eigenvalue weighted by Gasteiger charge is 2.30. The number of imide groups is 1. The van der Waals surface area contributed by atoms with Crippen LogP contribution < -0.4 is 5.32 Å². The third-order valence-corrected chi connectivity index (χ3v) is 2.59. The molecule has 1 heterocycles. The number of hydrogen-bond acceptors (Lipinski definition) is 3. The maximum atomic E-state index is 11.4. The van der Waals surface area contributed by atoms with Gasteiger partial charge in [-0.3, -0.25) is 15.0 Å². The van der Waals surface area contributed by atoms with Gasteiger partial charge in [-0.05, 0) is 12.5 Å². The Kier molecular flexibility index (Phi) is 3.39. The van der Waals surface area contributed by atoms with Crippen molar-refractivity contribution >= 4 is 11.9 Å². The number of nitrogens with one attached hydrogen (secondary N) is 1. The highest BCUT2D eigenvalue weighted by Crippen LogP contribution is 2.09. The maximum Gasteiger partial charge on any atom is 0.326 e. The topological polar surface area (TPSA) is 58.6 Å². The first-order valence-corrected chi connectivity index (χ1v) is 5.43. The van der Waals surface area contributed by atoms with Crippen LogP contribution in [0, 0.1) is 0 Å². The predicted molar refractivity (Wildman–Crippen MR) is 60.9 cm³/mol. The smallest absolute Gasteiger partial charge is 0.326 e. The molecular formula is C12H14N2O3. The lowest BCUT2D eigenvalue weighted by Gasteiger charge is -2.22. The van der Waals surface area contributed by atoms with Crippen LogP contribution in [0.25, 0.3) is 0 Å². The molecule has 1 unspecified atom stereocenters. The molecule has 0 bridgehead atoms. The molecule has 1 atom stereocenters. The summed E-state index contributed by atoms with van der Waals surface area (Å²) in [7, 11) is 0. The van der Waals surface area contributed by atoms with Gasteiger partial charge in [0.05, 0.1) is 6.61 Å². The lowest BCUT2D eigenvalue weighted by atomic mass is 10.2. The second-order valence-corrected chi connectivity index (χ2v) is 3.88. The molecule has 90 valence electrons. The van der Waals surface area contributed by atoms with Gasteiger partial charge in [0.15, 0.2) is 0 Å². The molecule has 0 aliphatic carbocycles. The monoisotopic (exact) mass is 234 g/mol. The molecule has 1 saturated heterocycles. The Labute approximate surface area is 99.4 Å². The van der Waals surface area contributed by atoms with Crippen molar-refractivity contribution in [3.8, 4) is 0 Å². The molecule has 2 rings (SSSR count). The first-order valence-electron chi connectivity index (χ1n) is 5.43. The molecular weight excluding hydrogens is 220 g/mol. The first-order chi connectivity index (χ1) is 8.16. The van der Waals surface area contributed by atoms with Gasteiger partial charge in [0.1, 0.15) is 12.8 Å². The van der Waals surface area contributed by atoms with Gasteiger partial charge in [-0.15, -0.1) is 0 Å². The Hall–Kier alpha value is -1.88. The first kappa shape index (κ1) is 11.6. The van der Waals surface area contributed by atoms with Crippen LogP contribution in [0.4, 0.5) is 4.79 Å². The summed E-state index contributed by atoms with van der Waals surface area (Å²) < 4.78 is 5.54. The normalized spacial score (nSPS) is 17.1. The van der Waals surface area contributed by atoms with Crippen LogP contribution in [-0.2, 0) is 16.1 Å². The minimum Gasteiger partial charge on any atom is -0.354 e. The van der Waals surface area contributed by atoms with Crippen LogP contribution in [0.5, 0.6) is 0 Å². The molecule has 3 amide bonds. The zero-order valence-electron chi connectivity index (χ0n) is 9.55. The number of urea groups is 1. The number of ether oxygens (including phenoxy) is 1. The SMILES string of the molecule is CC(OCc1ccccc1)N1CC(=O)NC1=O. The van der Waals surface area contributed by atoms with E-state index in [2.05, 4.69) is 5.32 Å². The molecule has 1 aliphatic heterocycles. The minimum absolute atomic E-state index is 0.0643. The number of hydrogen-bond donors (Lipinski definition) is 1. The number of amides is 3. The number of carbonyl (C=O) groups excluding carboxylic acids is 2. The van der Waals surface area contributed by atoms with Crippen molar-refractivity contribution in [1.29, 1.82) is 0 Å². The number of benzene rings is 1. The largest absolute Gasteiger partial charge is 0.354 e. The maximum absolute atomic E-state index is 11.4. The number of nitrogens with zero attached hydrogens (tertiary/aromatic N) is 1. The van der Waals surface area contributed by atoms with E-state index < -0.39 is 12.3 Å². The fraction of sp³-hybridized carbons (Fsp3) is 0.333. The quantitative estimate of drug-likeness (QED) is 0.794. The molecule has 1 aliphatic rings. The van der Waals surface area contributed by atoms with Crippen LogP contribution in [0.2, 0.25) is 0 Å². The van der Waals surface area contributed by atoms with Gasteiger partial charge in [-0.1, -0.05) is 30.3 Å². The molecule has 1 aromatic rings. The summed E-state index contributed by atoms with van der Waals surface area (Å²) in [6.45, 7) is 2.23. The zero-order valence-corrected chi connectivity index (χ0v) is 9.55. The van der Waals surface area contributed by atoms with E-state index in [4.69, 9.17) is 4.74 Å². The molecule has 0 spiro atoms. The van der Waals surface area contributed by atoms with Crippen LogP contribution in [0.15, 0.2) is 30.3 Å². The molecule has 5 heteroatoms. The van der Waals surface area contributed by atoms with E-state index in [0.29, 0.717) is 6.61 Å². The van der Waals surface area contributed by atoms with Gasteiger partial charge in [0, 0.05) is 0 Å². The van der Waals surface area contributed by atoms with Crippen LogP contribution in [-0.4, -0.2) is 29.6 Å². The molecule has 0 saturated carbocycles. The van der Waals surface area contributed by atoms with E-state index >= 15 is 0 Å². The highest BCUT2D eigenvalue weighted by atomic mass is 16.5. The summed E-state index contributed by atoms with van der Waals surface area (Å²) in [5, 5.41) is 2.21. The molecule has 1 aromatic carbocycles. The third-order valence-electron chi connectivity index (χ3n) is 2.59. The Morgan fingerprint density at radius 3 is 2.65 bits per heavy atom. The van der Waals surface area contributed by atoms with Gasteiger partial charge in [0.25, 0.3) is 0 Å². The van der Waals surface area contributed by atoms with Gasteiger partial charge < -0.3 is 4.74 Å². The predicted octanol–water partition coefficient (Wildman–Crippen LogP) is 1.10. The van der Waals surface area contributed by atoms with E-state index in [1.807, 2.05) is 30.3 Å². The molecule has 1 N–H and O–H groups in total. The molecule has 0 aromatic heterocycles. The van der Waals surface area contributed by atoms with Crippen molar-refractivity contribution in [1.82, 2.24) is 10.2 Å². The van der Waals surface area contributed by atoms with Crippen molar-refractivity contribution in [2.45, 2.75) is 19.8 Å². The average molecular weight is 234 g/mol. The van der Waals surface area contributed by atoms with E-state index in [1.54, 1.807) is 6.92 Å².